The lowest BCUT2D eigenvalue weighted by molar-refractivity contribution is 0.580. The second-order valence-electron chi connectivity index (χ2n) is 4.08. The van der Waals surface area contributed by atoms with Crippen molar-refractivity contribution in [3.8, 4) is 0 Å². The van der Waals surface area contributed by atoms with Crippen molar-refractivity contribution in [2.45, 2.75) is 18.0 Å². The molecule has 1 aromatic carbocycles. The van der Waals surface area contributed by atoms with Crippen LogP contribution in [0.25, 0.3) is 0 Å². The molecule has 0 spiro atoms. The van der Waals surface area contributed by atoms with Crippen molar-refractivity contribution in [2.75, 3.05) is 7.05 Å². The Balaban J connectivity index is 2.06. The molecule has 0 aliphatic carbocycles. The molecule has 0 bridgehead atoms. The van der Waals surface area contributed by atoms with Crippen LogP contribution in [0, 0.1) is 0 Å². The first-order valence-electron chi connectivity index (χ1n) is 5.82. The smallest absolute Gasteiger partial charge is 0.240 e. The Labute approximate surface area is 112 Å². The molecule has 0 saturated heterocycles. The highest BCUT2D eigenvalue weighted by Gasteiger charge is 2.13. The second-order valence-corrected chi connectivity index (χ2v) is 5.84. The number of nitrogens with zero attached hydrogens (tertiary/aromatic N) is 1. The molecule has 3 N–H and O–H groups in total. The van der Waals surface area contributed by atoms with Gasteiger partial charge in [0, 0.05) is 18.4 Å². The normalized spacial score (nSPS) is 11.6. The summed E-state index contributed by atoms with van der Waals surface area (Å²) in [5.74, 6) is 0. The van der Waals surface area contributed by atoms with Crippen LogP contribution in [0.2, 0.25) is 0 Å². The highest BCUT2D eigenvalue weighted by atomic mass is 32.2. The first kappa shape index (κ1) is 13.7. The summed E-state index contributed by atoms with van der Waals surface area (Å²) in [5, 5.41) is 3.01. The van der Waals surface area contributed by atoms with Gasteiger partial charge in [-0.05, 0) is 24.7 Å². The summed E-state index contributed by atoms with van der Waals surface area (Å²) < 4.78 is 26.6. The number of nitrogens with one attached hydrogen (secondary N) is 3. The molecule has 0 saturated carbocycles. The van der Waals surface area contributed by atoms with Gasteiger partial charge in [0.25, 0.3) is 0 Å². The van der Waals surface area contributed by atoms with Gasteiger partial charge in [-0.15, -0.1) is 0 Å². The van der Waals surface area contributed by atoms with Crippen LogP contribution < -0.4 is 10.0 Å². The summed E-state index contributed by atoms with van der Waals surface area (Å²) in [4.78, 5) is 6.93. The van der Waals surface area contributed by atoms with Crippen LogP contribution in [0.5, 0.6) is 0 Å². The van der Waals surface area contributed by atoms with Gasteiger partial charge in [0.05, 0.1) is 17.8 Å². The fourth-order valence-electron chi connectivity index (χ4n) is 1.63. The molecule has 1 aromatic heterocycles. The molecule has 0 radical (unpaired) electrons. The average molecular weight is 280 g/mol. The van der Waals surface area contributed by atoms with Gasteiger partial charge >= 0.3 is 0 Å². The number of rotatable bonds is 6. The van der Waals surface area contributed by atoms with Crippen molar-refractivity contribution >= 4 is 10.0 Å². The van der Waals surface area contributed by atoms with Gasteiger partial charge in [-0.25, -0.2) is 18.1 Å². The molecule has 2 rings (SSSR count). The van der Waals surface area contributed by atoms with Crippen LogP contribution in [0.4, 0.5) is 0 Å². The molecule has 7 heteroatoms. The summed E-state index contributed by atoms with van der Waals surface area (Å²) in [6, 6.07) is 6.78. The fraction of sp³-hybridized carbons (Fsp3) is 0.250. The number of benzene rings is 1. The highest BCUT2D eigenvalue weighted by molar-refractivity contribution is 7.89. The van der Waals surface area contributed by atoms with Crippen molar-refractivity contribution in [1.82, 2.24) is 20.0 Å². The standard InChI is InChI=1S/C12H16N4O2S/c1-13-6-10-2-4-12(5-3-10)19(17,18)16-8-11-7-14-9-15-11/h2-5,7,9,13,16H,6,8H2,1H3,(H,14,15). The van der Waals surface area contributed by atoms with Gasteiger partial charge in [0.1, 0.15) is 0 Å². The second kappa shape index (κ2) is 5.96. The van der Waals surface area contributed by atoms with E-state index in [9.17, 15) is 8.42 Å². The Hall–Kier alpha value is -1.70. The largest absolute Gasteiger partial charge is 0.347 e. The van der Waals surface area contributed by atoms with Gasteiger partial charge in [-0.3, -0.25) is 0 Å². The van der Waals surface area contributed by atoms with Crippen LogP contribution in [0.15, 0.2) is 41.7 Å². The van der Waals surface area contributed by atoms with Crippen LogP contribution in [-0.4, -0.2) is 25.4 Å². The first-order chi connectivity index (χ1) is 9.12. The van der Waals surface area contributed by atoms with Crippen molar-refractivity contribution in [3.63, 3.8) is 0 Å². The van der Waals surface area contributed by atoms with Crippen LogP contribution in [0.3, 0.4) is 0 Å². The summed E-state index contributed by atoms with van der Waals surface area (Å²) in [6.45, 7) is 0.905. The van der Waals surface area contributed by atoms with E-state index in [1.165, 1.54) is 6.33 Å². The van der Waals surface area contributed by atoms with Gasteiger partial charge in [0.2, 0.25) is 10.0 Å². The highest BCUT2D eigenvalue weighted by Crippen LogP contribution is 2.10. The molecule has 0 atom stereocenters. The predicted molar refractivity (Wildman–Crippen MR) is 71.8 cm³/mol. The molecule has 2 aromatic rings. The SMILES string of the molecule is CNCc1ccc(S(=O)(=O)NCc2cnc[nH]2)cc1. The van der Waals surface area contributed by atoms with Gasteiger partial charge < -0.3 is 10.3 Å². The topological polar surface area (TPSA) is 86.9 Å². The molecule has 102 valence electrons. The first-order valence-corrected chi connectivity index (χ1v) is 7.30. The number of aromatic amines is 1. The maximum Gasteiger partial charge on any atom is 0.240 e. The number of imidazole rings is 1. The minimum absolute atomic E-state index is 0.195. The van der Waals surface area contributed by atoms with Crippen molar-refractivity contribution < 1.29 is 8.42 Å². The summed E-state index contributed by atoms with van der Waals surface area (Å²) in [6.07, 6.45) is 3.09. The fourth-order valence-corrected chi connectivity index (χ4v) is 2.63. The average Bonchev–Trinajstić information content (AvgIpc) is 2.91. The van der Waals surface area contributed by atoms with Gasteiger partial charge in [-0.1, -0.05) is 12.1 Å². The van der Waals surface area contributed by atoms with Crippen LogP contribution in [-0.2, 0) is 23.1 Å². The Morgan fingerprint density at radius 1 is 1.21 bits per heavy atom. The van der Waals surface area contributed by atoms with E-state index in [0.29, 0.717) is 6.54 Å². The van der Waals surface area contributed by atoms with E-state index < -0.39 is 10.0 Å². The Morgan fingerprint density at radius 3 is 2.53 bits per heavy atom. The molecular formula is C12H16N4O2S. The number of hydrogen-bond donors (Lipinski definition) is 3. The Bertz CT molecular complexity index is 606. The molecule has 0 unspecified atom stereocenters. The number of sulfonamides is 1. The van der Waals surface area contributed by atoms with E-state index in [2.05, 4.69) is 20.0 Å². The van der Waals surface area contributed by atoms with Gasteiger partial charge in [-0.2, -0.15) is 0 Å². The zero-order valence-electron chi connectivity index (χ0n) is 10.6. The van der Waals surface area contributed by atoms with Crippen molar-refractivity contribution in [3.05, 3.63) is 48.0 Å². The van der Waals surface area contributed by atoms with Gasteiger partial charge in [0.15, 0.2) is 0 Å². The molecule has 0 amide bonds. The Morgan fingerprint density at radius 2 is 1.95 bits per heavy atom. The zero-order chi connectivity index (χ0) is 13.7. The third-order valence-electron chi connectivity index (χ3n) is 2.62. The minimum atomic E-state index is -3.49. The van der Waals surface area contributed by atoms with Crippen molar-refractivity contribution in [1.29, 1.82) is 0 Å². The zero-order valence-corrected chi connectivity index (χ0v) is 11.4. The molecule has 0 aliphatic rings. The van der Waals surface area contributed by atoms with E-state index in [1.807, 2.05) is 7.05 Å². The lowest BCUT2D eigenvalue weighted by Crippen LogP contribution is -2.23. The quantitative estimate of drug-likeness (QED) is 0.723. The molecule has 0 fully saturated rings. The molecule has 0 aliphatic heterocycles. The summed E-state index contributed by atoms with van der Waals surface area (Å²) >= 11 is 0. The van der Waals surface area contributed by atoms with E-state index in [0.717, 1.165) is 11.3 Å². The maximum absolute atomic E-state index is 12.0. The summed E-state index contributed by atoms with van der Waals surface area (Å²) in [5.41, 5.74) is 1.75. The number of hydrogen-bond acceptors (Lipinski definition) is 4. The molecular weight excluding hydrogens is 264 g/mol. The lowest BCUT2D eigenvalue weighted by Gasteiger charge is -2.06. The molecule has 6 nitrogen and oxygen atoms in total. The predicted octanol–water partition coefficient (Wildman–Crippen LogP) is 0.608. The summed E-state index contributed by atoms with van der Waals surface area (Å²) in [7, 11) is -1.64. The minimum Gasteiger partial charge on any atom is -0.347 e. The van der Waals surface area contributed by atoms with E-state index in [-0.39, 0.29) is 11.4 Å². The maximum atomic E-state index is 12.0. The number of aromatic nitrogens is 2. The lowest BCUT2D eigenvalue weighted by atomic mass is 10.2. The monoisotopic (exact) mass is 280 g/mol. The Kier molecular flexibility index (Phi) is 4.31. The van der Waals surface area contributed by atoms with E-state index in [4.69, 9.17) is 0 Å². The van der Waals surface area contributed by atoms with Crippen LogP contribution >= 0.6 is 0 Å². The number of H-pyrrole nitrogens is 1. The third-order valence-corrected chi connectivity index (χ3v) is 4.04. The molecule has 1 heterocycles. The van der Waals surface area contributed by atoms with Crippen LogP contribution in [0.1, 0.15) is 11.3 Å². The van der Waals surface area contributed by atoms with E-state index >= 15 is 0 Å². The molecule has 19 heavy (non-hydrogen) atoms. The van der Waals surface area contributed by atoms with E-state index in [1.54, 1.807) is 30.5 Å². The third kappa shape index (κ3) is 3.63. The van der Waals surface area contributed by atoms with Crippen molar-refractivity contribution in [2.24, 2.45) is 0 Å².